The van der Waals surface area contributed by atoms with E-state index in [1.54, 1.807) is 6.07 Å². The van der Waals surface area contributed by atoms with E-state index in [0.29, 0.717) is 5.75 Å². The molecular formula is C15H16O3. The second-order valence-electron chi connectivity index (χ2n) is 4.15. The maximum absolute atomic E-state index is 9.10. The van der Waals surface area contributed by atoms with Gasteiger partial charge in [0.1, 0.15) is 11.5 Å². The van der Waals surface area contributed by atoms with Crippen molar-refractivity contribution in [2.45, 2.75) is 20.1 Å². The van der Waals surface area contributed by atoms with Gasteiger partial charge >= 0.3 is 0 Å². The molecule has 0 atom stereocenters. The molecule has 0 spiro atoms. The molecule has 0 radical (unpaired) electrons. The summed E-state index contributed by atoms with van der Waals surface area (Å²) in [5.74, 6) is 1.41. The van der Waals surface area contributed by atoms with Crippen molar-refractivity contribution in [2.24, 2.45) is 0 Å². The first-order valence-electron chi connectivity index (χ1n) is 5.81. The van der Waals surface area contributed by atoms with Crippen LogP contribution in [0.5, 0.6) is 11.5 Å². The zero-order valence-electron chi connectivity index (χ0n) is 10.3. The molecule has 0 amide bonds. The second-order valence-corrected chi connectivity index (χ2v) is 4.15. The summed E-state index contributed by atoms with van der Waals surface area (Å²) in [6, 6.07) is 12.9. The summed E-state index contributed by atoms with van der Waals surface area (Å²) in [6.07, 6.45) is 0. The van der Waals surface area contributed by atoms with Gasteiger partial charge in [-0.3, -0.25) is 0 Å². The Hall–Kier alpha value is -1.84. The van der Waals surface area contributed by atoms with Gasteiger partial charge in [0.25, 0.3) is 0 Å². The summed E-state index contributed by atoms with van der Waals surface area (Å²) in [5, 5.41) is 18.2. The van der Waals surface area contributed by atoms with E-state index in [-0.39, 0.29) is 13.2 Å². The lowest BCUT2D eigenvalue weighted by Crippen LogP contribution is -1.91. The van der Waals surface area contributed by atoms with Gasteiger partial charge in [-0.15, -0.1) is 0 Å². The number of hydrogen-bond acceptors (Lipinski definition) is 3. The second kappa shape index (κ2) is 5.67. The van der Waals surface area contributed by atoms with Gasteiger partial charge in [0.05, 0.1) is 13.2 Å². The highest BCUT2D eigenvalue weighted by molar-refractivity contribution is 5.38. The smallest absolute Gasteiger partial charge is 0.127 e. The van der Waals surface area contributed by atoms with E-state index < -0.39 is 0 Å². The molecule has 2 aromatic rings. The molecule has 0 saturated heterocycles. The van der Waals surface area contributed by atoms with Crippen LogP contribution >= 0.6 is 0 Å². The van der Waals surface area contributed by atoms with E-state index in [2.05, 4.69) is 0 Å². The largest absolute Gasteiger partial charge is 0.457 e. The van der Waals surface area contributed by atoms with E-state index in [1.807, 2.05) is 43.3 Å². The topological polar surface area (TPSA) is 49.7 Å². The molecule has 3 heteroatoms. The Bertz CT molecular complexity index is 535. The number of aryl methyl sites for hydroxylation is 1. The zero-order chi connectivity index (χ0) is 13.0. The van der Waals surface area contributed by atoms with Crippen molar-refractivity contribution in [1.29, 1.82) is 0 Å². The summed E-state index contributed by atoms with van der Waals surface area (Å²) in [6.45, 7) is 1.97. The molecule has 0 heterocycles. The molecule has 0 aliphatic carbocycles. The number of aliphatic hydroxyl groups is 2. The van der Waals surface area contributed by atoms with Crippen LogP contribution in [0.2, 0.25) is 0 Å². The van der Waals surface area contributed by atoms with Gasteiger partial charge in [0, 0.05) is 0 Å². The Morgan fingerprint density at radius 2 is 1.72 bits per heavy atom. The van der Waals surface area contributed by atoms with E-state index in [1.165, 1.54) is 0 Å². The Labute approximate surface area is 106 Å². The summed E-state index contributed by atoms with van der Waals surface area (Å²) >= 11 is 0. The zero-order valence-corrected chi connectivity index (χ0v) is 10.3. The molecule has 2 rings (SSSR count). The molecule has 0 unspecified atom stereocenters. The summed E-state index contributed by atoms with van der Waals surface area (Å²) in [7, 11) is 0. The SMILES string of the molecule is Cc1cc(Oc2cccc(CO)c2)ccc1CO. The Balaban J connectivity index is 2.20. The van der Waals surface area contributed by atoms with E-state index in [9.17, 15) is 0 Å². The third-order valence-electron chi connectivity index (χ3n) is 2.80. The van der Waals surface area contributed by atoms with Crippen LogP contribution in [0.1, 0.15) is 16.7 Å². The first kappa shape index (κ1) is 12.6. The molecule has 3 nitrogen and oxygen atoms in total. The van der Waals surface area contributed by atoms with Gasteiger partial charge in [0.2, 0.25) is 0 Å². The minimum Gasteiger partial charge on any atom is -0.457 e. The standard InChI is InChI=1S/C15H16O3/c1-11-7-15(6-5-13(11)10-17)18-14-4-2-3-12(8-14)9-16/h2-8,16-17H,9-10H2,1H3. The van der Waals surface area contributed by atoms with E-state index in [0.717, 1.165) is 22.4 Å². The van der Waals surface area contributed by atoms with Crippen LogP contribution in [0.15, 0.2) is 42.5 Å². The lowest BCUT2D eigenvalue weighted by Gasteiger charge is -2.09. The van der Waals surface area contributed by atoms with Crippen LogP contribution in [0.25, 0.3) is 0 Å². The minimum absolute atomic E-state index is 0.000319. The Morgan fingerprint density at radius 1 is 0.944 bits per heavy atom. The highest BCUT2D eigenvalue weighted by Crippen LogP contribution is 2.24. The normalized spacial score (nSPS) is 10.4. The quantitative estimate of drug-likeness (QED) is 0.869. The average molecular weight is 244 g/mol. The van der Waals surface area contributed by atoms with Crippen molar-refractivity contribution in [2.75, 3.05) is 0 Å². The van der Waals surface area contributed by atoms with Crippen molar-refractivity contribution >= 4 is 0 Å². The Kier molecular flexibility index (Phi) is 3.97. The highest BCUT2D eigenvalue weighted by atomic mass is 16.5. The van der Waals surface area contributed by atoms with Crippen LogP contribution in [0, 0.1) is 6.92 Å². The molecular weight excluding hydrogens is 228 g/mol. The molecule has 18 heavy (non-hydrogen) atoms. The van der Waals surface area contributed by atoms with Crippen molar-refractivity contribution in [3.8, 4) is 11.5 Å². The summed E-state index contributed by atoms with van der Waals surface area (Å²) in [5.41, 5.74) is 2.70. The third kappa shape index (κ3) is 2.88. The highest BCUT2D eigenvalue weighted by Gasteiger charge is 2.02. The van der Waals surface area contributed by atoms with Crippen LogP contribution in [-0.4, -0.2) is 10.2 Å². The van der Waals surface area contributed by atoms with Crippen LogP contribution in [0.3, 0.4) is 0 Å². The first-order valence-corrected chi connectivity index (χ1v) is 5.81. The number of benzene rings is 2. The number of hydrogen-bond donors (Lipinski definition) is 2. The fraction of sp³-hybridized carbons (Fsp3) is 0.200. The van der Waals surface area contributed by atoms with Crippen molar-refractivity contribution in [3.63, 3.8) is 0 Å². The Morgan fingerprint density at radius 3 is 2.39 bits per heavy atom. The number of aliphatic hydroxyl groups excluding tert-OH is 2. The van der Waals surface area contributed by atoms with E-state index in [4.69, 9.17) is 14.9 Å². The fourth-order valence-electron chi connectivity index (χ4n) is 1.75. The van der Waals surface area contributed by atoms with Gasteiger partial charge in [-0.25, -0.2) is 0 Å². The van der Waals surface area contributed by atoms with Crippen LogP contribution in [-0.2, 0) is 13.2 Å². The molecule has 0 aromatic heterocycles. The monoisotopic (exact) mass is 244 g/mol. The fourth-order valence-corrected chi connectivity index (χ4v) is 1.75. The molecule has 0 fully saturated rings. The van der Waals surface area contributed by atoms with Gasteiger partial charge in [-0.1, -0.05) is 18.2 Å². The average Bonchev–Trinajstić information content (AvgIpc) is 2.39. The number of rotatable bonds is 4. The summed E-state index contributed by atoms with van der Waals surface area (Å²) in [4.78, 5) is 0. The van der Waals surface area contributed by atoms with E-state index >= 15 is 0 Å². The predicted octanol–water partition coefficient (Wildman–Crippen LogP) is 2.77. The van der Waals surface area contributed by atoms with Crippen molar-refractivity contribution in [3.05, 3.63) is 59.2 Å². The van der Waals surface area contributed by atoms with Gasteiger partial charge in [-0.05, 0) is 47.9 Å². The van der Waals surface area contributed by atoms with Gasteiger partial charge in [0.15, 0.2) is 0 Å². The molecule has 0 saturated carbocycles. The van der Waals surface area contributed by atoms with Gasteiger partial charge in [-0.2, -0.15) is 0 Å². The lowest BCUT2D eigenvalue weighted by atomic mass is 10.1. The van der Waals surface area contributed by atoms with Crippen molar-refractivity contribution in [1.82, 2.24) is 0 Å². The van der Waals surface area contributed by atoms with Crippen LogP contribution in [0.4, 0.5) is 0 Å². The molecule has 2 aromatic carbocycles. The minimum atomic E-state index is -0.000319. The third-order valence-corrected chi connectivity index (χ3v) is 2.80. The maximum atomic E-state index is 9.10. The van der Waals surface area contributed by atoms with Gasteiger partial charge < -0.3 is 14.9 Å². The molecule has 0 aliphatic rings. The molecule has 2 N–H and O–H groups in total. The number of ether oxygens (including phenoxy) is 1. The summed E-state index contributed by atoms with van der Waals surface area (Å²) < 4.78 is 5.71. The first-order chi connectivity index (χ1) is 8.72. The van der Waals surface area contributed by atoms with Crippen LogP contribution < -0.4 is 4.74 Å². The molecule has 0 aliphatic heterocycles. The molecule has 0 bridgehead atoms. The maximum Gasteiger partial charge on any atom is 0.127 e. The lowest BCUT2D eigenvalue weighted by molar-refractivity contribution is 0.280. The predicted molar refractivity (Wildman–Crippen MR) is 69.5 cm³/mol. The van der Waals surface area contributed by atoms with Crippen molar-refractivity contribution < 1.29 is 14.9 Å². The molecule has 94 valence electrons.